The van der Waals surface area contributed by atoms with E-state index in [2.05, 4.69) is 0 Å². The average Bonchev–Trinajstić information content (AvgIpc) is 2.76. The minimum Gasteiger partial charge on any atom is -0.326 e. The van der Waals surface area contributed by atoms with Crippen LogP contribution in [0, 0.1) is 0 Å². The molecule has 18 heavy (non-hydrogen) atoms. The number of sulfonamides is 1. The van der Waals surface area contributed by atoms with E-state index in [0.717, 1.165) is 18.4 Å². The molecule has 1 aromatic rings. The lowest BCUT2D eigenvalue weighted by molar-refractivity contribution is 0.408. The third-order valence-corrected chi connectivity index (χ3v) is 5.81. The fraction of sp³-hybridized carbons (Fsp3) is 0.500. The summed E-state index contributed by atoms with van der Waals surface area (Å²) in [5, 5.41) is 0.256. The highest BCUT2D eigenvalue weighted by Gasteiger charge is 2.33. The topological polar surface area (TPSA) is 63.4 Å². The summed E-state index contributed by atoms with van der Waals surface area (Å²) in [7, 11) is -3.51. The van der Waals surface area contributed by atoms with Gasteiger partial charge in [0.2, 0.25) is 10.0 Å². The standard InChI is InChI=1S/C12H17ClN2O2S/c1-9-3-2-6-15(9)18(16,17)12-7-10(8-14)4-5-11(12)13/h4-5,7,9H,2-3,6,8,14H2,1H3. The van der Waals surface area contributed by atoms with Gasteiger partial charge in [0.15, 0.2) is 0 Å². The molecule has 0 amide bonds. The zero-order valence-corrected chi connectivity index (χ0v) is 11.8. The summed E-state index contributed by atoms with van der Waals surface area (Å²) in [6.07, 6.45) is 1.79. The van der Waals surface area contributed by atoms with Crippen LogP contribution in [0.2, 0.25) is 5.02 Å². The highest BCUT2D eigenvalue weighted by Crippen LogP contribution is 2.30. The Kier molecular flexibility index (Phi) is 3.96. The summed E-state index contributed by atoms with van der Waals surface area (Å²) in [5.41, 5.74) is 6.31. The van der Waals surface area contributed by atoms with Crippen molar-refractivity contribution in [3.05, 3.63) is 28.8 Å². The van der Waals surface area contributed by atoms with Crippen LogP contribution >= 0.6 is 11.6 Å². The molecule has 1 fully saturated rings. The van der Waals surface area contributed by atoms with Crippen molar-refractivity contribution >= 4 is 21.6 Å². The van der Waals surface area contributed by atoms with Gasteiger partial charge in [0.05, 0.1) is 5.02 Å². The molecule has 0 saturated carbocycles. The molecule has 0 spiro atoms. The molecule has 0 aliphatic carbocycles. The van der Waals surface area contributed by atoms with Crippen LogP contribution in [0.4, 0.5) is 0 Å². The second-order valence-corrected chi connectivity index (χ2v) is 6.84. The van der Waals surface area contributed by atoms with E-state index in [0.29, 0.717) is 13.1 Å². The Morgan fingerprint density at radius 3 is 2.78 bits per heavy atom. The van der Waals surface area contributed by atoms with E-state index in [1.165, 1.54) is 4.31 Å². The number of halogens is 1. The Morgan fingerprint density at radius 2 is 2.22 bits per heavy atom. The molecule has 1 aromatic carbocycles. The van der Waals surface area contributed by atoms with Crippen molar-refractivity contribution in [3.63, 3.8) is 0 Å². The molecule has 2 N–H and O–H groups in total. The lowest BCUT2D eigenvalue weighted by Gasteiger charge is -2.21. The van der Waals surface area contributed by atoms with Crippen LogP contribution in [0.25, 0.3) is 0 Å². The van der Waals surface area contributed by atoms with Crippen molar-refractivity contribution in [3.8, 4) is 0 Å². The smallest absolute Gasteiger partial charge is 0.244 e. The Labute approximate surface area is 113 Å². The van der Waals surface area contributed by atoms with Gasteiger partial charge in [-0.25, -0.2) is 8.42 Å². The Bertz CT molecular complexity index is 545. The van der Waals surface area contributed by atoms with Gasteiger partial charge in [-0.05, 0) is 37.5 Å². The number of nitrogens with two attached hydrogens (primary N) is 1. The Balaban J connectivity index is 2.46. The molecule has 1 heterocycles. The summed E-state index contributed by atoms with van der Waals surface area (Å²) in [6.45, 7) is 2.78. The predicted octanol–water partition coefficient (Wildman–Crippen LogP) is 1.97. The van der Waals surface area contributed by atoms with Gasteiger partial charge in [-0.3, -0.25) is 0 Å². The van der Waals surface area contributed by atoms with E-state index in [1.54, 1.807) is 18.2 Å². The molecule has 4 nitrogen and oxygen atoms in total. The van der Waals surface area contributed by atoms with E-state index in [1.807, 2.05) is 6.92 Å². The van der Waals surface area contributed by atoms with Crippen LogP contribution in [-0.4, -0.2) is 25.3 Å². The third-order valence-electron chi connectivity index (χ3n) is 3.31. The Morgan fingerprint density at radius 1 is 1.50 bits per heavy atom. The summed E-state index contributed by atoms with van der Waals surface area (Å²) in [4.78, 5) is 0.167. The average molecular weight is 289 g/mol. The maximum Gasteiger partial charge on any atom is 0.244 e. The van der Waals surface area contributed by atoms with E-state index in [-0.39, 0.29) is 16.0 Å². The van der Waals surface area contributed by atoms with Crippen LogP contribution in [0.5, 0.6) is 0 Å². The van der Waals surface area contributed by atoms with E-state index in [9.17, 15) is 8.42 Å². The molecule has 1 aliphatic rings. The van der Waals surface area contributed by atoms with E-state index >= 15 is 0 Å². The molecular weight excluding hydrogens is 272 g/mol. The van der Waals surface area contributed by atoms with Crippen LogP contribution in [0.15, 0.2) is 23.1 Å². The SMILES string of the molecule is CC1CCCN1S(=O)(=O)c1cc(CN)ccc1Cl. The van der Waals surface area contributed by atoms with Crippen molar-refractivity contribution in [1.82, 2.24) is 4.31 Å². The molecule has 2 rings (SSSR count). The quantitative estimate of drug-likeness (QED) is 0.925. The van der Waals surface area contributed by atoms with Crippen molar-refractivity contribution in [1.29, 1.82) is 0 Å². The van der Waals surface area contributed by atoms with Gasteiger partial charge in [0.1, 0.15) is 4.90 Å². The van der Waals surface area contributed by atoms with Crippen LogP contribution in [0.3, 0.4) is 0 Å². The van der Waals surface area contributed by atoms with Crippen LogP contribution in [0.1, 0.15) is 25.3 Å². The first-order chi connectivity index (χ1) is 8.46. The molecule has 6 heteroatoms. The summed E-state index contributed by atoms with van der Waals surface area (Å²) in [6, 6.07) is 4.95. The maximum atomic E-state index is 12.5. The van der Waals surface area contributed by atoms with Crippen molar-refractivity contribution in [2.75, 3.05) is 6.54 Å². The molecule has 0 bridgehead atoms. The fourth-order valence-corrected chi connectivity index (χ4v) is 4.49. The van der Waals surface area contributed by atoms with Crippen LogP contribution < -0.4 is 5.73 Å². The van der Waals surface area contributed by atoms with Gasteiger partial charge >= 0.3 is 0 Å². The second-order valence-electron chi connectivity index (χ2n) is 4.58. The number of hydrogen-bond acceptors (Lipinski definition) is 3. The van der Waals surface area contributed by atoms with Crippen molar-refractivity contribution < 1.29 is 8.42 Å². The Hall–Kier alpha value is -0.620. The van der Waals surface area contributed by atoms with Gasteiger partial charge in [0.25, 0.3) is 0 Å². The van der Waals surface area contributed by atoms with Gasteiger partial charge in [0, 0.05) is 19.1 Å². The van der Waals surface area contributed by atoms with Gasteiger partial charge < -0.3 is 5.73 Å². The molecule has 0 radical (unpaired) electrons. The third kappa shape index (κ3) is 2.40. The van der Waals surface area contributed by atoms with E-state index < -0.39 is 10.0 Å². The molecule has 1 aliphatic heterocycles. The van der Waals surface area contributed by atoms with Gasteiger partial charge in [-0.2, -0.15) is 4.31 Å². The molecular formula is C12H17ClN2O2S. The fourth-order valence-electron chi connectivity index (χ4n) is 2.26. The molecule has 1 atom stereocenters. The first-order valence-corrected chi connectivity index (χ1v) is 7.79. The zero-order valence-electron chi connectivity index (χ0n) is 10.3. The van der Waals surface area contributed by atoms with E-state index in [4.69, 9.17) is 17.3 Å². The zero-order chi connectivity index (χ0) is 13.3. The van der Waals surface area contributed by atoms with Gasteiger partial charge in [-0.15, -0.1) is 0 Å². The number of rotatable bonds is 3. The highest BCUT2D eigenvalue weighted by atomic mass is 35.5. The first-order valence-electron chi connectivity index (χ1n) is 5.97. The molecule has 1 saturated heterocycles. The normalized spacial score (nSPS) is 21.4. The lowest BCUT2D eigenvalue weighted by atomic mass is 10.2. The second kappa shape index (κ2) is 5.17. The van der Waals surface area contributed by atoms with Crippen molar-refractivity contribution in [2.45, 2.75) is 37.2 Å². The minimum absolute atomic E-state index is 0.0348. The minimum atomic E-state index is -3.51. The summed E-state index contributed by atoms with van der Waals surface area (Å²) >= 11 is 6.02. The number of benzene rings is 1. The van der Waals surface area contributed by atoms with Gasteiger partial charge in [-0.1, -0.05) is 17.7 Å². The molecule has 1 unspecified atom stereocenters. The summed E-state index contributed by atoms with van der Waals surface area (Å²) < 4.78 is 26.6. The molecule has 0 aromatic heterocycles. The molecule has 100 valence electrons. The monoisotopic (exact) mass is 288 g/mol. The number of hydrogen-bond donors (Lipinski definition) is 1. The maximum absolute atomic E-state index is 12.5. The van der Waals surface area contributed by atoms with Crippen molar-refractivity contribution in [2.24, 2.45) is 5.73 Å². The first kappa shape index (κ1) is 13.8. The number of nitrogens with zero attached hydrogens (tertiary/aromatic N) is 1. The summed E-state index contributed by atoms with van der Waals surface area (Å²) in [5.74, 6) is 0. The largest absolute Gasteiger partial charge is 0.326 e. The van der Waals surface area contributed by atoms with Crippen LogP contribution in [-0.2, 0) is 16.6 Å². The highest BCUT2D eigenvalue weighted by molar-refractivity contribution is 7.89. The lowest BCUT2D eigenvalue weighted by Crippen LogP contribution is -2.33. The predicted molar refractivity (Wildman–Crippen MR) is 71.9 cm³/mol.